The summed E-state index contributed by atoms with van der Waals surface area (Å²) >= 11 is 0. The molecule has 0 fully saturated rings. The van der Waals surface area contributed by atoms with Gasteiger partial charge >= 0.3 is 6.18 Å². The van der Waals surface area contributed by atoms with Crippen molar-refractivity contribution in [1.29, 1.82) is 0 Å². The molecular weight excluding hydrogens is 297 g/mol. The van der Waals surface area contributed by atoms with Crippen molar-refractivity contribution >= 4 is 11.8 Å². The molecule has 0 aliphatic rings. The minimum atomic E-state index is -4.47. The molecule has 4 nitrogen and oxygen atoms in total. The van der Waals surface area contributed by atoms with E-state index in [1.807, 2.05) is 0 Å². The molecular formula is C15H17F3N2O2. The van der Waals surface area contributed by atoms with Crippen LogP contribution in [0.4, 0.5) is 13.2 Å². The van der Waals surface area contributed by atoms with E-state index in [1.54, 1.807) is 6.92 Å². The third kappa shape index (κ3) is 5.59. The summed E-state index contributed by atoms with van der Waals surface area (Å²) in [6.07, 6.45) is -4.56. The van der Waals surface area contributed by atoms with Crippen molar-refractivity contribution < 1.29 is 22.8 Å². The van der Waals surface area contributed by atoms with Crippen molar-refractivity contribution in [1.82, 2.24) is 5.32 Å². The van der Waals surface area contributed by atoms with Crippen molar-refractivity contribution in [2.75, 3.05) is 0 Å². The van der Waals surface area contributed by atoms with E-state index >= 15 is 0 Å². The van der Waals surface area contributed by atoms with E-state index in [4.69, 9.17) is 5.73 Å². The minimum absolute atomic E-state index is 0.184. The zero-order chi connectivity index (χ0) is 16.9. The molecule has 0 aliphatic carbocycles. The number of benzene rings is 1. The summed E-state index contributed by atoms with van der Waals surface area (Å²) in [5.41, 5.74) is 5.19. The van der Waals surface area contributed by atoms with Crippen molar-refractivity contribution in [3.05, 3.63) is 47.5 Å². The van der Waals surface area contributed by atoms with Gasteiger partial charge in [0.1, 0.15) is 6.04 Å². The topological polar surface area (TPSA) is 72.2 Å². The van der Waals surface area contributed by atoms with Gasteiger partial charge in [-0.3, -0.25) is 9.59 Å². The number of alkyl halides is 3. The summed E-state index contributed by atoms with van der Waals surface area (Å²) in [7, 11) is 0. The Morgan fingerprint density at radius 3 is 2.50 bits per heavy atom. The van der Waals surface area contributed by atoms with Gasteiger partial charge in [0.25, 0.3) is 0 Å². The van der Waals surface area contributed by atoms with Crippen molar-refractivity contribution in [2.24, 2.45) is 5.73 Å². The van der Waals surface area contributed by atoms with Gasteiger partial charge in [-0.1, -0.05) is 23.8 Å². The van der Waals surface area contributed by atoms with Gasteiger partial charge in [-0.2, -0.15) is 13.2 Å². The van der Waals surface area contributed by atoms with Crippen molar-refractivity contribution in [3.8, 4) is 0 Å². The maximum atomic E-state index is 12.6. The third-order valence-corrected chi connectivity index (χ3v) is 2.85. The fraction of sp³-hybridized carbons (Fsp3) is 0.333. The molecule has 0 heterocycles. The lowest BCUT2D eigenvalue weighted by atomic mass is 10.1. The van der Waals surface area contributed by atoms with Crippen molar-refractivity contribution in [2.45, 2.75) is 32.0 Å². The van der Waals surface area contributed by atoms with Crippen LogP contribution in [0.2, 0.25) is 0 Å². The van der Waals surface area contributed by atoms with Crippen LogP contribution in [0.5, 0.6) is 0 Å². The first-order valence-electron chi connectivity index (χ1n) is 6.49. The average Bonchev–Trinajstić information content (AvgIpc) is 2.36. The predicted octanol–water partition coefficient (Wildman–Crippen LogP) is 2.18. The largest absolute Gasteiger partial charge is 0.416 e. The smallest absolute Gasteiger partial charge is 0.368 e. The first kappa shape index (κ1) is 17.7. The first-order chi connectivity index (χ1) is 10.1. The van der Waals surface area contributed by atoms with Gasteiger partial charge in [0.05, 0.1) is 12.0 Å². The summed E-state index contributed by atoms with van der Waals surface area (Å²) in [4.78, 5) is 23.1. The van der Waals surface area contributed by atoms with E-state index in [0.29, 0.717) is 5.57 Å². The Balaban J connectivity index is 2.76. The molecule has 0 saturated carbocycles. The van der Waals surface area contributed by atoms with E-state index in [2.05, 4.69) is 11.9 Å². The third-order valence-electron chi connectivity index (χ3n) is 2.85. The second-order valence-electron chi connectivity index (χ2n) is 5.06. The molecule has 0 saturated heterocycles. The lowest BCUT2D eigenvalue weighted by Gasteiger charge is -2.15. The Morgan fingerprint density at radius 2 is 2.00 bits per heavy atom. The number of rotatable bonds is 6. The van der Waals surface area contributed by atoms with Crippen LogP contribution >= 0.6 is 0 Å². The van der Waals surface area contributed by atoms with Crippen LogP contribution in [0, 0.1) is 0 Å². The fourth-order valence-electron chi connectivity index (χ4n) is 1.86. The van der Waals surface area contributed by atoms with Crippen LogP contribution in [-0.4, -0.2) is 17.9 Å². The van der Waals surface area contributed by atoms with Gasteiger partial charge < -0.3 is 11.1 Å². The number of nitrogens with one attached hydrogen (secondary N) is 1. The van der Waals surface area contributed by atoms with Crippen LogP contribution in [0.15, 0.2) is 36.4 Å². The number of hydrogen-bond donors (Lipinski definition) is 2. The van der Waals surface area contributed by atoms with Gasteiger partial charge in [-0.25, -0.2) is 0 Å². The Hall–Kier alpha value is -2.31. The fourth-order valence-corrected chi connectivity index (χ4v) is 1.86. The highest BCUT2D eigenvalue weighted by molar-refractivity contribution is 5.87. The molecule has 0 aliphatic heterocycles. The normalized spacial score (nSPS) is 12.5. The Labute approximate surface area is 126 Å². The van der Waals surface area contributed by atoms with Gasteiger partial charge in [0.2, 0.25) is 11.8 Å². The molecule has 0 aromatic heterocycles. The second kappa shape index (κ2) is 7.11. The highest BCUT2D eigenvalue weighted by atomic mass is 19.4. The van der Waals surface area contributed by atoms with E-state index in [-0.39, 0.29) is 18.4 Å². The molecule has 0 radical (unpaired) electrons. The predicted molar refractivity (Wildman–Crippen MR) is 75.7 cm³/mol. The molecule has 0 bridgehead atoms. The van der Waals surface area contributed by atoms with Crippen LogP contribution < -0.4 is 11.1 Å². The van der Waals surface area contributed by atoms with Crippen LogP contribution in [-0.2, 0) is 22.2 Å². The molecule has 3 N–H and O–H groups in total. The summed E-state index contributed by atoms with van der Waals surface area (Å²) in [5, 5.41) is 2.40. The zero-order valence-corrected chi connectivity index (χ0v) is 12.0. The molecule has 120 valence electrons. The van der Waals surface area contributed by atoms with Crippen LogP contribution in [0.25, 0.3) is 0 Å². The molecule has 1 aromatic rings. The summed E-state index contributed by atoms with van der Waals surface area (Å²) < 4.78 is 37.8. The standard InChI is InChI=1S/C15H17F3N2O2/c1-9(2)6-12(14(19)22)20-13(21)8-10-4-3-5-11(7-10)15(16,17)18/h3-5,7,12H,1,6,8H2,2H3,(H2,19,22)(H,20,21)/t12-/m1/s1. The second-order valence-corrected chi connectivity index (χ2v) is 5.06. The molecule has 22 heavy (non-hydrogen) atoms. The monoisotopic (exact) mass is 314 g/mol. The van der Waals surface area contributed by atoms with E-state index < -0.39 is 29.6 Å². The van der Waals surface area contributed by atoms with E-state index in [1.165, 1.54) is 12.1 Å². The summed E-state index contributed by atoms with van der Waals surface area (Å²) in [5.74, 6) is -1.30. The summed E-state index contributed by atoms with van der Waals surface area (Å²) in [6.45, 7) is 5.30. The molecule has 2 amide bonds. The number of amides is 2. The summed E-state index contributed by atoms with van der Waals surface area (Å²) in [6, 6.07) is 3.54. The van der Waals surface area contributed by atoms with Crippen LogP contribution in [0.1, 0.15) is 24.5 Å². The number of halogens is 3. The molecule has 1 rings (SSSR count). The maximum Gasteiger partial charge on any atom is 0.416 e. The SMILES string of the molecule is C=C(C)C[C@@H](NC(=O)Cc1cccc(C(F)(F)F)c1)C(N)=O. The number of hydrogen-bond acceptors (Lipinski definition) is 2. The molecule has 0 spiro atoms. The van der Waals surface area contributed by atoms with E-state index in [9.17, 15) is 22.8 Å². The lowest BCUT2D eigenvalue weighted by molar-refractivity contribution is -0.137. The minimum Gasteiger partial charge on any atom is -0.368 e. The molecule has 1 atom stereocenters. The van der Waals surface area contributed by atoms with Gasteiger partial charge in [-0.15, -0.1) is 6.58 Å². The highest BCUT2D eigenvalue weighted by Crippen LogP contribution is 2.29. The Kier molecular flexibility index (Phi) is 5.73. The Morgan fingerprint density at radius 1 is 1.36 bits per heavy atom. The zero-order valence-electron chi connectivity index (χ0n) is 12.0. The number of carbonyl (C=O) groups is 2. The highest BCUT2D eigenvalue weighted by Gasteiger charge is 2.30. The maximum absolute atomic E-state index is 12.6. The molecule has 0 unspecified atom stereocenters. The number of primary amides is 1. The van der Waals surface area contributed by atoms with Crippen molar-refractivity contribution in [3.63, 3.8) is 0 Å². The molecule has 1 aromatic carbocycles. The van der Waals surface area contributed by atoms with Gasteiger partial charge in [-0.05, 0) is 25.0 Å². The van der Waals surface area contributed by atoms with Gasteiger partial charge in [0.15, 0.2) is 0 Å². The average molecular weight is 314 g/mol. The lowest BCUT2D eigenvalue weighted by Crippen LogP contribution is -2.45. The molecule has 7 heteroatoms. The Bertz CT molecular complexity index is 582. The number of carbonyl (C=O) groups excluding carboxylic acids is 2. The van der Waals surface area contributed by atoms with Gasteiger partial charge in [0, 0.05) is 0 Å². The first-order valence-corrected chi connectivity index (χ1v) is 6.49. The quantitative estimate of drug-likeness (QED) is 0.790. The number of nitrogens with two attached hydrogens (primary N) is 1. The van der Waals surface area contributed by atoms with E-state index in [0.717, 1.165) is 12.1 Å². The van der Waals surface area contributed by atoms with Crippen LogP contribution in [0.3, 0.4) is 0 Å².